The lowest BCUT2D eigenvalue weighted by Gasteiger charge is -2.09. The average Bonchev–Trinajstić information content (AvgIpc) is 3.15. The standard InChI is InChI=1S/C27H24FN5O2/c1-35-19-12-10-17(11-13-19)16-30-27(34)23-24-26(32-22-9-5-4-8-21(22)31-24)33(25(23)29)15-14-18-6-2-3-7-20(18)28/h2-13H,14-16,29H2,1H3,(H,30,34). The summed E-state index contributed by atoms with van der Waals surface area (Å²) in [6.07, 6.45) is 0.391. The summed E-state index contributed by atoms with van der Waals surface area (Å²) in [5, 5.41) is 2.93. The van der Waals surface area contributed by atoms with E-state index in [0.29, 0.717) is 47.3 Å². The minimum Gasteiger partial charge on any atom is -0.497 e. The van der Waals surface area contributed by atoms with Gasteiger partial charge in [0, 0.05) is 13.1 Å². The number of hydrogen-bond donors (Lipinski definition) is 2. The van der Waals surface area contributed by atoms with E-state index in [0.717, 1.165) is 11.3 Å². The largest absolute Gasteiger partial charge is 0.497 e. The molecule has 0 radical (unpaired) electrons. The molecule has 0 saturated carbocycles. The second kappa shape index (κ2) is 9.42. The molecule has 0 unspecified atom stereocenters. The van der Waals surface area contributed by atoms with Gasteiger partial charge >= 0.3 is 0 Å². The first-order chi connectivity index (χ1) is 17.0. The maximum absolute atomic E-state index is 14.2. The van der Waals surface area contributed by atoms with E-state index >= 15 is 0 Å². The van der Waals surface area contributed by atoms with Crippen LogP contribution in [0.15, 0.2) is 72.8 Å². The van der Waals surface area contributed by atoms with Crippen LogP contribution in [0.1, 0.15) is 21.5 Å². The molecule has 0 aliphatic rings. The molecule has 0 spiro atoms. The van der Waals surface area contributed by atoms with Crippen LogP contribution in [0.5, 0.6) is 5.75 Å². The van der Waals surface area contributed by atoms with E-state index in [2.05, 4.69) is 5.32 Å². The van der Waals surface area contributed by atoms with Crippen LogP contribution in [-0.2, 0) is 19.5 Å². The molecule has 5 rings (SSSR count). The predicted molar refractivity (Wildman–Crippen MR) is 134 cm³/mol. The summed E-state index contributed by atoms with van der Waals surface area (Å²) < 4.78 is 21.1. The summed E-state index contributed by atoms with van der Waals surface area (Å²) in [6, 6.07) is 21.5. The number of nitrogens with zero attached hydrogens (tertiary/aromatic N) is 3. The second-order valence-electron chi connectivity index (χ2n) is 8.17. The molecular weight excluding hydrogens is 445 g/mol. The van der Waals surface area contributed by atoms with E-state index in [1.165, 1.54) is 6.07 Å². The summed E-state index contributed by atoms with van der Waals surface area (Å²) in [6.45, 7) is 0.660. The predicted octanol–water partition coefficient (Wildman–Crippen LogP) is 4.49. The van der Waals surface area contributed by atoms with Crippen molar-refractivity contribution < 1.29 is 13.9 Å². The average molecular weight is 470 g/mol. The summed E-state index contributed by atoms with van der Waals surface area (Å²) in [5.74, 6) is 0.359. The fourth-order valence-corrected chi connectivity index (χ4v) is 4.11. The third-order valence-corrected chi connectivity index (χ3v) is 5.99. The monoisotopic (exact) mass is 469 g/mol. The number of carbonyl (C=O) groups excluding carboxylic acids is 1. The molecule has 3 aromatic carbocycles. The molecule has 35 heavy (non-hydrogen) atoms. The molecule has 5 aromatic rings. The number of halogens is 1. The van der Waals surface area contributed by atoms with Crippen molar-refractivity contribution in [3.8, 4) is 5.75 Å². The lowest BCUT2D eigenvalue weighted by Crippen LogP contribution is -2.24. The van der Waals surface area contributed by atoms with E-state index in [1.807, 2.05) is 48.5 Å². The van der Waals surface area contributed by atoms with Gasteiger partial charge in [-0.1, -0.05) is 42.5 Å². The molecule has 1 amide bonds. The van der Waals surface area contributed by atoms with Crippen LogP contribution in [0.25, 0.3) is 22.2 Å². The van der Waals surface area contributed by atoms with E-state index in [1.54, 1.807) is 29.9 Å². The van der Waals surface area contributed by atoms with E-state index in [-0.39, 0.29) is 23.1 Å². The number of nitrogens with two attached hydrogens (primary N) is 1. The highest BCUT2D eigenvalue weighted by Gasteiger charge is 2.24. The van der Waals surface area contributed by atoms with Gasteiger partial charge in [-0.25, -0.2) is 14.4 Å². The molecular formula is C27H24FN5O2. The van der Waals surface area contributed by atoms with Crippen molar-refractivity contribution in [2.75, 3.05) is 12.8 Å². The first-order valence-corrected chi connectivity index (χ1v) is 11.2. The van der Waals surface area contributed by atoms with Gasteiger partial charge in [0.15, 0.2) is 5.65 Å². The fourth-order valence-electron chi connectivity index (χ4n) is 4.11. The molecule has 7 nitrogen and oxygen atoms in total. The molecule has 3 N–H and O–H groups in total. The molecule has 8 heteroatoms. The zero-order valence-corrected chi connectivity index (χ0v) is 19.2. The Bertz CT molecular complexity index is 1530. The van der Waals surface area contributed by atoms with Crippen LogP contribution < -0.4 is 15.8 Å². The van der Waals surface area contributed by atoms with Crippen molar-refractivity contribution in [3.05, 3.63) is 95.3 Å². The van der Waals surface area contributed by atoms with E-state index in [4.69, 9.17) is 20.4 Å². The van der Waals surface area contributed by atoms with Gasteiger partial charge in [-0.3, -0.25) is 4.79 Å². The van der Waals surface area contributed by atoms with Gasteiger partial charge in [0.25, 0.3) is 5.91 Å². The molecule has 0 bridgehead atoms. The van der Waals surface area contributed by atoms with Crippen molar-refractivity contribution in [3.63, 3.8) is 0 Å². The van der Waals surface area contributed by atoms with Gasteiger partial charge in [0.1, 0.15) is 28.5 Å². The van der Waals surface area contributed by atoms with Crippen molar-refractivity contribution >= 4 is 33.9 Å². The highest BCUT2D eigenvalue weighted by molar-refractivity contribution is 6.10. The third-order valence-electron chi connectivity index (χ3n) is 5.99. The van der Waals surface area contributed by atoms with E-state index in [9.17, 15) is 9.18 Å². The number of carbonyl (C=O) groups is 1. The van der Waals surface area contributed by atoms with Gasteiger partial charge in [-0.15, -0.1) is 0 Å². The number of para-hydroxylation sites is 2. The summed E-state index contributed by atoms with van der Waals surface area (Å²) in [5.41, 5.74) is 10.5. The molecule has 2 heterocycles. The minimum absolute atomic E-state index is 0.249. The number of nitrogens with one attached hydrogen (secondary N) is 1. The normalized spacial score (nSPS) is 11.1. The van der Waals surface area contributed by atoms with Gasteiger partial charge in [-0.05, 0) is 47.9 Å². The van der Waals surface area contributed by atoms with Crippen LogP contribution in [0.3, 0.4) is 0 Å². The van der Waals surface area contributed by atoms with Crippen LogP contribution in [0, 0.1) is 5.82 Å². The number of amides is 1. The Labute approximate surface area is 201 Å². The van der Waals surface area contributed by atoms with Crippen LogP contribution in [-0.4, -0.2) is 27.6 Å². The Morgan fingerprint density at radius 1 is 1.00 bits per heavy atom. The molecule has 0 saturated heterocycles. The number of aryl methyl sites for hydroxylation is 2. The second-order valence-corrected chi connectivity index (χ2v) is 8.17. The number of methoxy groups -OCH3 is 1. The highest BCUT2D eigenvalue weighted by atomic mass is 19.1. The lowest BCUT2D eigenvalue weighted by atomic mass is 10.1. The number of hydrogen-bond acceptors (Lipinski definition) is 5. The highest BCUT2D eigenvalue weighted by Crippen LogP contribution is 2.28. The quantitative estimate of drug-likeness (QED) is 0.366. The number of rotatable bonds is 7. The van der Waals surface area contributed by atoms with Gasteiger partial charge in [-0.2, -0.15) is 0 Å². The zero-order chi connectivity index (χ0) is 24.4. The van der Waals surface area contributed by atoms with Crippen LogP contribution >= 0.6 is 0 Å². The Hall–Kier alpha value is -4.46. The Balaban J connectivity index is 1.51. The number of nitrogen functional groups attached to an aromatic ring is 1. The Morgan fingerprint density at radius 2 is 1.69 bits per heavy atom. The molecule has 2 aromatic heterocycles. The summed E-state index contributed by atoms with van der Waals surface area (Å²) in [4.78, 5) is 22.8. The third kappa shape index (κ3) is 4.38. The maximum atomic E-state index is 14.2. The van der Waals surface area contributed by atoms with Crippen LogP contribution in [0.2, 0.25) is 0 Å². The van der Waals surface area contributed by atoms with Crippen LogP contribution in [0.4, 0.5) is 10.2 Å². The molecule has 176 valence electrons. The Morgan fingerprint density at radius 3 is 2.40 bits per heavy atom. The van der Waals surface area contributed by atoms with E-state index < -0.39 is 0 Å². The first-order valence-electron chi connectivity index (χ1n) is 11.2. The zero-order valence-electron chi connectivity index (χ0n) is 19.2. The molecule has 0 fully saturated rings. The molecule has 0 aliphatic heterocycles. The van der Waals surface area contributed by atoms with Crippen molar-refractivity contribution in [1.29, 1.82) is 0 Å². The van der Waals surface area contributed by atoms with Gasteiger partial charge in [0.05, 0.1) is 18.1 Å². The summed E-state index contributed by atoms with van der Waals surface area (Å²) >= 11 is 0. The van der Waals surface area contributed by atoms with Crippen molar-refractivity contribution in [1.82, 2.24) is 19.9 Å². The number of benzene rings is 3. The Kier molecular flexibility index (Phi) is 6.01. The molecule has 0 atom stereocenters. The smallest absolute Gasteiger partial charge is 0.257 e. The van der Waals surface area contributed by atoms with Crippen molar-refractivity contribution in [2.24, 2.45) is 0 Å². The minimum atomic E-state index is -0.349. The molecule has 0 aliphatic carbocycles. The number of anilines is 1. The SMILES string of the molecule is COc1ccc(CNC(=O)c2c(N)n(CCc3ccccc3F)c3nc4ccccc4nc23)cc1. The number of fused-ring (bicyclic) bond motifs is 2. The topological polar surface area (TPSA) is 95.1 Å². The number of aromatic nitrogens is 3. The fraction of sp³-hybridized carbons (Fsp3) is 0.148. The van der Waals surface area contributed by atoms with Crippen molar-refractivity contribution in [2.45, 2.75) is 19.5 Å². The summed E-state index contributed by atoms with van der Waals surface area (Å²) in [7, 11) is 1.60. The number of ether oxygens (including phenoxy) is 1. The first kappa shape index (κ1) is 22.3. The maximum Gasteiger partial charge on any atom is 0.257 e. The lowest BCUT2D eigenvalue weighted by molar-refractivity contribution is 0.0953. The van der Waals surface area contributed by atoms with Gasteiger partial charge < -0.3 is 20.4 Å². The van der Waals surface area contributed by atoms with Gasteiger partial charge in [0.2, 0.25) is 0 Å².